The molecule has 0 aromatic heterocycles. The summed E-state index contributed by atoms with van der Waals surface area (Å²) in [5.74, 6) is -1.07. The standard InChI is InChI=1S/C31H42N4O6/c1-4-6-7-10-17-41-34-29(32)22-12-14-27(36)25(19-22)26(20-28(37)40-5-2)33-30(38)23-11-13-24(21(3)18-23)31(39)35-15-8-9-16-35/h11-14,18-19,26,36H,4-10,15-17,20H2,1-3H3,(H2,32,34)(H,33,38). The number of unbranched alkanes of at least 4 members (excludes halogenated alkanes) is 3. The first kappa shape index (κ1) is 31.4. The number of hydrogen-bond donors (Lipinski definition) is 3. The van der Waals surface area contributed by atoms with Gasteiger partial charge >= 0.3 is 5.97 Å². The van der Waals surface area contributed by atoms with Crippen LogP contribution in [0.2, 0.25) is 0 Å². The fourth-order valence-corrected chi connectivity index (χ4v) is 4.76. The van der Waals surface area contributed by atoms with E-state index in [1.165, 1.54) is 6.07 Å². The van der Waals surface area contributed by atoms with Gasteiger partial charge in [0.05, 0.1) is 19.1 Å². The lowest BCUT2D eigenvalue weighted by molar-refractivity contribution is -0.143. The average molecular weight is 567 g/mol. The third-order valence-corrected chi connectivity index (χ3v) is 7.04. The van der Waals surface area contributed by atoms with Gasteiger partial charge in [-0.15, -0.1) is 0 Å². The second-order valence-corrected chi connectivity index (χ2v) is 10.2. The Labute approximate surface area is 241 Å². The summed E-state index contributed by atoms with van der Waals surface area (Å²) >= 11 is 0. The molecule has 4 N–H and O–H groups in total. The van der Waals surface area contributed by atoms with Crippen molar-refractivity contribution in [2.45, 2.75) is 71.8 Å². The smallest absolute Gasteiger partial charge is 0.308 e. The number of ether oxygens (including phenoxy) is 1. The summed E-state index contributed by atoms with van der Waals surface area (Å²) in [4.78, 5) is 45.8. The molecule has 41 heavy (non-hydrogen) atoms. The summed E-state index contributed by atoms with van der Waals surface area (Å²) < 4.78 is 5.12. The van der Waals surface area contributed by atoms with Crippen LogP contribution in [0.1, 0.15) is 102 Å². The molecule has 0 bridgehead atoms. The number of benzene rings is 2. The third kappa shape index (κ3) is 8.96. The third-order valence-electron chi connectivity index (χ3n) is 7.04. The topological polar surface area (TPSA) is 144 Å². The van der Waals surface area contributed by atoms with E-state index in [0.717, 1.165) is 51.6 Å². The molecule has 1 heterocycles. The summed E-state index contributed by atoms with van der Waals surface area (Å²) in [5, 5.41) is 17.5. The van der Waals surface area contributed by atoms with Crippen molar-refractivity contribution in [3.63, 3.8) is 0 Å². The molecule has 10 heteroatoms. The van der Waals surface area contributed by atoms with E-state index >= 15 is 0 Å². The van der Waals surface area contributed by atoms with E-state index in [-0.39, 0.29) is 36.1 Å². The minimum absolute atomic E-state index is 0.0434. The summed E-state index contributed by atoms with van der Waals surface area (Å²) in [6.07, 6.45) is 5.92. The number of amidine groups is 1. The Bertz CT molecular complexity index is 1240. The van der Waals surface area contributed by atoms with Crippen LogP contribution in [-0.4, -0.2) is 59.9 Å². The monoisotopic (exact) mass is 566 g/mol. The van der Waals surface area contributed by atoms with Crippen LogP contribution in [0.4, 0.5) is 0 Å². The Hall–Kier alpha value is -4.08. The number of phenolic OH excluding ortho intramolecular Hbond substituents is 1. The van der Waals surface area contributed by atoms with Crippen LogP contribution in [0.5, 0.6) is 5.75 Å². The minimum atomic E-state index is -0.921. The maximum Gasteiger partial charge on any atom is 0.308 e. The van der Waals surface area contributed by atoms with E-state index in [1.54, 1.807) is 44.2 Å². The van der Waals surface area contributed by atoms with Crippen molar-refractivity contribution >= 4 is 23.6 Å². The first-order chi connectivity index (χ1) is 19.7. The number of nitrogens with zero attached hydrogens (tertiary/aromatic N) is 2. The van der Waals surface area contributed by atoms with Crippen molar-refractivity contribution < 1.29 is 29.1 Å². The molecule has 222 valence electrons. The summed E-state index contributed by atoms with van der Waals surface area (Å²) in [5.41, 5.74) is 8.44. The fourth-order valence-electron chi connectivity index (χ4n) is 4.76. The maximum atomic E-state index is 13.3. The van der Waals surface area contributed by atoms with E-state index in [4.69, 9.17) is 15.3 Å². The largest absolute Gasteiger partial charge is 0.508 e. The van der Waals surface area contributed by atoms with Crippen molar-refractivity contribution in [1.29, 1.82) is 0 Å². The lowest BCUT2D eigenvalue weighted by atomic mass is 9.98. The van der Waals surface area contributed by atoms with Gasteiger partial charge in [-0.25, -0.2) is 0 Å². The van der Waals surface area contributed by atoms with Crippen molar-refractivity contribution in [1.82, 2.24) is 10.2 Å². The highest BCUT2D eigenvalue weighted by Crippen LogP contribution is 2.29. The number of phenols is 1. The Morgan fingerprint density at radius 1 is 1.05 bits per heavy atom. The van der Waals surface area contributed by atoms with Gasteiger partial charge < -0.3 is 30.6 Å². The van der Waals surface area contributed by atoms with Gasteiger partial charge in [0.1, 0.15) is 12.4 Å². The van der Waals surface area contributed by atoms with Gasteiger partial charge in [-0.3, -0.25) is 14.4 Å². The van der Waals surface area contributed by atoms with Crippen molar-refractivity contribution in [3.8, 4) is 5.75 Å². The second kappa shape index (κ2) is 15.6. The van der Waals surface area contributed by atoms with E-state index in [9.17, 15) is 19.5 Å². The highest BCUT2D eigenvalue weighted by Gasteiger charge is 2.25. The first-order valence-corrected chi connectivity index (χ1v) is 14.4. The van der Waals surface area contributed by atoms with E-state index in [1.807, 2.05) is 4.90 Å². The molecule has 1 aliphatic heterocycles. The zero-order valence-corrected chi connectivity index (χ0v) is 24.3. The SMILES string of the molecule is CCCCCCO/N=C(\N)c1ccc(O)c(C(CC(=O)OCC)NC(=O)c2ccc(C(=O)N3CCCC3)c(C)c2)c1. The molecular weight excluding hydrogens is 524 g/mol. The van der Waals surface area contributed by atoms with E-state index in [2.05, 4.69) is 17.4 Å². The molecule has 0 spiro atoms. The number of carbonyl (C=O) groups is 3. The van der Waals surface area contributed by atoms with Crippen molar-refractivity contribution in [3.05, 3.63) is 64.2 Å². The Morgan fingerprint density at radius 3 is 2.46 bits per heavy atom. The van der Waals surface area contributed by atoms with E-state index in [0.29, 0.717) is 28.9 Å². The fraction of sp³-hybridized carbons (Fsp3) is 0.484. The van der Waals surface area contributed by atoms with Gasteiger partial charge in [0.2, 0.25) is 0 Å². The quantitative estimate of drug-likeness (QED) is 0.0998. The van der Waals surface area contributed by atoms with Gasteiger partial charge in [-0.1, -0.05) is 24.9 Å². The molecule has 10 nitrogen and oxygen atoms in total. The molecule has 1 fully saturated rings. The van der Waals surface area contributed by atoms with Crippen LogP contribution in [0.25, 0.3) is 0 Å². The van der Waals surface area contributed by atoms with Gasteiger partial charge in [0.15, 0.2) is 5.84 Å². The van der Waals surface area contributed by atoms with Crippen LogP contribution >= 0.6 is 0 Å². The molecular formula is C31H42N4O6. The summed E-state index contributed by atoms with van der Waals surface area (Å²) in [6, 6.07) is 8.56. The molecule has 2 aromatic carbocycles. The molecule has 2 aromatic rings. The Kier molecular flexibility index (Phi) is 12.0. The summed E-state index contributed by atoms with van der Waals surface area (Å²) in [7, 11) is 0. The molecule has 0 saturated carbocycles. The van der Waals surface area contributed by atoms with Gasteiger partial charge in [-0.2, -0.15) is 0 Å². The Morgan fingerprint density at radius 2 is 1.78 bits per heavy atom. The molecule has 1 aliphatic rings. The number of esters is 1. The Balaban J connectivity index is 1.80. The number of nitrogens with two attached hydrogens (primary N) is 1. The van der Waals surface area contributed by atoms with E-state index < -0.39 is 17.9 Å². The molecule has 1 atom stereocenters. The van der Waals surface area contributed by atoms with Crippen LogP contribution in [0.3, 0.4) is 0 Å². The number of hydrogen-bond acceptors (Lipinski definition) is 7. The van der Waals surface area contributed by atoms with Crippen LogP contribution in [-0.2, 0) is 14.4 Å². The molecule has 0 radical (unpaired) electrons. The zero-order chi connectivity index (χ0) is 29.8. The number of aryl methyl sites for hydroxylation is 1. The first-order valence-electron chi connectivity index (χ1n) is 14.4. The number of carbonyl (C=O) groups excluding carboxylic acids is 3. The normalized spacial score (nSPS) is 14.0. The molecule has 0 aliphatic carbocycles. The molecule has 1 unspecified atom stereocenters. The number of rotatable bonds is 14. The number of amides is 2. The van der Waals surface area contributed by atoms with Crippen LogP contribution < -0.4 is 11.1 Å². The number of likely N-dealkylation sites (tertiary alicyclic amines) is 1. The summed E-state index contributed by atoms with van der Waals surface area (Å²) in [6.45, 7) is 7.70. The maximum absolute atomic E-state index is 13.3. The number of nitrogens with one attached hydrogen (secondary N) is 1. The van der Waals surface area contributed by atoms with Crippen LogP contribution in [0, 0.1) is 6.92 Å². The minimum Gasteiger partial charge on any atom is -0.508 e. The number of aromatic hydroxyl groups is 1. The molecule has 1 saturated heterocycles. The molecule has 2 amide bonds. The van der Waals surface area contributed by atoms with Crippen molar-refractivity contribution in [2.24, 2.45) is 10.9 Å². The lowest BCUT2D eigenvalue weighted by Gasteiger charge is -2.21. The predicted molar refractivity (Wildman–Crippen MR) is 157 cm³/mol. The average Bonchev–Trinajstić information content (AvgIpc) is 3.49. The lowest BCUT2D eigenvalue weighted by Crippen LogP contribution is -2.31. The second-order valence-electron chi connectivity index (χ2n) is 10.2. The molecule has 3 rings (SSSR count). The van der Waals surface area contributed by atoms with Gasteiger partial charge in [0.25, 0.3) is 11.8 Å². The van der Waals surface area contributed by atoms with Crippen LogP contribution in [0.15, 0.2) is 41.6 Å². The zero-order valence-electron chi connectivity index (χ0n) is 24.3. The number of oxime groups is 1. The predicted octanol–water partition coefficient (Wildman–Crippen LogP) is 4.58. The highest BCUT2D eigenvalue weighted by atomic mass is 16.6. The highest BCUT2D eigenvalue weighted by molar-refractivity contribution is 6.00. The van der Waals surface area contributed by atoms with Crippen molar-refractivity contribution in [2.75, 3.05) is 26.3 Å². The van der Waals surface area contributed by atoms with Gasteiger partial charge in [-0.05, 0) is 81.5 Å². The van der Waals surface area contributed by atoms with Gasteiger partial charge in [0, 0.05) is 35.3 Å².